The SMILES string of the molecule is COc1ccc(CN2C(=O)c3[nH]nc(-c4cc(Cl)ccc4O)c3C2c2ccc(SC)cc2)cc1. The minimum atomic E-state index is -0.382. The number of benzene rings is 3. The van der Waals surface area contributed by atoms with Crippen LogP contribution in [0.5, 0.6) is 11.5 Å². The number of fused-ring (bicyclic) bond motifs is 1. The number of nitrogens with zero attached hydrogens (tertiary/aromatic N) is 2. The monoisotopic (exact) mass is 491 g/mol. The lowest BCUT2D eigenvalue weighted by atomic mass is 9.95. The average molecular weight is 492 g/mol. The number of nitrogens with one attached hydrogen (secondary N) is 1. The van der Waals surface area contributed by atoms with E-state index in [-0.39, 0.29) is 17.7 Å². The summed E-state index contributed by atoms with van der Waals surface area (Å²) in [5.41, 5.74) is 4.08. The highest BCUT2D eigenvalue weighted by Gasteiger charge is 2.42. The molecule has 5 rings (SSSR count). The van der Waals surface area contributed by atoms with Gasteiger partial charge in [-0.25, -0.2) is 0 Å². The highest BCUT2D eigenvalue weighted by Crippen LogP contribution is 2.45. The van der Waals surface area contributed by atoms with Crippen molar-refractivity contribution in [3.8, 4) is 22.8 Å². The molecule has 1 aromatic heterocycles. The standard InChI is InChI=1S/C26H22ClN3O3S/c1-33-18-8-3-15(4-9-18)14-30-25(16-5-10-19(34-2)11-6-16)22-23(28-29-24(22)26(30)32)20-13-17(27)7-12-21(20)31/h3-13,25,31H,14H2,1-2H3,(H,28,29). The number of rotatable bonds is 6. The predicted molar refractivity (Wildman–Crippen MR) is 134 cm³/mol. The molecule has 0 spiro atoms. The maximum atomic E-state index is 13.6. The fourth-order valence-electron chi connectivity index (χ4n) is 4.32. The number of carbonyl (C=O) groups excluding carboxylic acids is 1. The van der Waals surface area contributed by atoms with Crippen LogP contribution in [0.3, 0.4) is 0 Å². The Morgan fingerprint density at radius 3 is 2.53 bits per heavy atom. The Bertz CT molecular complexity index is 1350. The van der Waals surface area contributed by atoms with E-state index in [1.54, 1.807) is 31.0 Å². The molecular formula is C26H22ClN3O3S. The zero-order valence-corrected chi connectivity index (χ0v) is 20.2. The van der Waals surface area contributed by atoms with Crippen LogP contribution < -0.4 is 4.74 Å². The van der Waals surface area contributed by atoms with Gasteiger partial charge in [-0.15, -0.1) is 11.8 Å². The van der Waals surface area contributed by atoms with Crippen molar-refractivity contribution in [1.29, 1.82) is 0 Å². The first-order valence-corrected chi connectivity index (χ1v) is 12.3. The molecule has 0 saturated heterocycles. The van der Waals surface area contributed by atoms with Gasteiger partial charge in [0.2, 0.25) is 0 Å². The molecule has 2 heterocycles. The van der Waals surface area contributed by atoms with E-state index in [0.29, 0.717) is 28.5 Å². The van der Waals surface area contributed by atoms with E-state index in [4.69, 9.17) is 16.3 Å². The second-order valence-electron chi connectivity index (χ2n) is 7.98. The summed E-state index contributed by atoms with van der Waals surface area (Å²) >= 11 is 7.88. The summed E-state index contributed by atoms with van der Waals surface area (Å²) in [7, 11) is 1.62. The van der Waals surface area contributed by atoms with Crippen LogP contribution in [0, 0.1) is 0 Å². The summed E-state index contributed by atoms with van der Waals surface area (Å²) in [5, 5.41) is 18.4. The number of H-pyrrole nitrogens is 1. The minimum absolute atomic E-state index is 0.0521. The molecule has 0 fully saturated rings. The third kappa shape index (κ3) is 3.91. The molecule has 0 bridgehead atoms. The third-order valence-corrected chi connectivity index (χ3v) is 7.00. The van der Waals surface area contributed by atoms with Crippen molar-refractivity contribution in [2.24, 2.45) is 0 Å². The second-order valence-corrected chi connectivity index (χ2v) is 9.30. The van der Waals surface area contributed by atoms with Gasteiger partial charge in [0.1, 0.15) is 22.9 Å². The van der Waals surface area contributed by atoms with Crippen LogP contribution in [-0.4, -0.2) is 39.5 Å². The molecule has 1 unspecified atom stereocenters. The van der Waals surface area contributed by atoms with Crippen LogP contribution in [0.1, 0.15) is 33.2 Å². The lowest BCUT2D eigenvalue weighted by molar-refractivity contribution is 0.0730. The quantitative estimate of drug-likeness (QED) is 0.328. The fraction of sp³-hybridized carbons (Fsp3) is 0.154. The normalized spacial score (nSPS) is 15.0. The molecule has 0 saturated carbocycles. The van der Waals surface area contributed by atoms with Crippen LogP contribution in [0.4, 0.5) is 0 Å². The summed E-state index contributed by atoms with van der Waals surface area (Å²) < 4.78 is 5.27. The van der Waals surface area contributed by atoms with E-state index in [1.165, 1.54) is 6.07 Å². The van der Waals surface area contributed by atoms with Crippen molar-refractivity contribution in [2.45, 2.75) is 17.5 Å². The number of carbonyl (C=O) groups is 1. The molecule has 1 aliphatic heterocycles. The molecular weight excluding hydrogens is 470 g/mol. The van der Waals surface area contributed by atoms with Gasteiger partial charge in [-0.1, -0.05) is 35.9 Å². The number of phenolic OH excluding ortho intramolecular Hbond substituents is 1. The number of hydrogen-bond acceptors (Lipinski definition) is 5. The highest BCUT2D eigenvalue weighted by atomic mass is 35.5. The maximum absolute atomic E-state index is 13.6. The first-order chi connectivity index (χ1) is 16.5. The van der Waals surface area contributed by atoms with Gasteiger partial charge < -0.3 is 14.7 Å². The number of hydrogen-bond donors (Lipinski definition) is 2. The molecule has 2 N–H and O–H groups in total. The maximum Gasteiger partial charge on any atom is 0.273 e. The summed E-state index contributed by atoms with van der Waals surface area (Å²) in [6, 6.07) is 20.3. The Morgan fingerprint density at radius 2 is 1.85 bits per heavy atom. The van der Waals surface area contributed by atoms with E-state index in [0.717, 1.165) is 27.3 Å². The Kier molecular flexibility index (Phi) is 5.98. The fourth-order valence-corrected chi connectivity index (χ4v) is 4.90. The molecule has 1 amide bonds. The van der Waals surface area contributed by atoms with Crippen LogP contribution >= 0.6 is 23.4 Å². The lowest BCUT2D eigenvalue weighted by Gasteiger charge is -2.27. The molecule has 3 aromatic carbocycles. The summed E-state index contributed by atoms with van der Waals surface area (Å²) in [6.07, 6.45) is 2.03. The van der Waals surface area contributed by atoms with Crippen molar-refractivity contribution in [2.75, 3.05) is 13.4 Å². The molecule has 1 atom stereocenters. The van der Waals surface area contributed by atoms with Gasteiger partial charge in [-0.2, -0.15) is 5.10 Å². The number of aromatic hydroxyl groups is 1. The van der Waals surface area contributed by atoms with Gasteiger partial charge in [0.25, 0.3) is 5.91 Å². The Hall–Kier alpha value is -3.42. The summed E-state index contributed by atoms with van der Waals surface area (Å²) in [5.74, 6) is 0.662. The van der Waals surface area contributed by atoms with E-state index < -0.39 is 0 Å². The van der Waals surface area contributed by atoms with Gasteiger partial charge in [0.15, 0.2) is 0 Å². The van der Waals surface area contributed by atoms with E-state index in [1.807, 2.05) is 59.7 Å². The molecule has 172 valence electrons. The van der Waals surface area contributed by atoms with Gasteiger partial charge in [-0.05, 0) is 59.8 Å². The first kappa shape index (κ1) is 22.4. The second kappa shape index (κ2) is 9.08. The Morgan fingerprint density at radius 1 is 1.12 bits per heavy atom. The zero-order valence-electron chi connectivity index (χ0n) is 18.6. The van der Waals surface area contributed by atoms with Crippen LogP contribution in [0.25, 0.3) is 11.3 Å². The predicted octanol–water partition coefficient (Wildman–Crippen LogP) is 5.91. The number of thioether (sulfide) groups is 1. The van der Waals surface area contributed by atoms with Crippen molar-refractivity contribution in [1.82, 2.24) is 15.1 Å². The summed E-state index contributed by atoms with van der Waals surface area (Å²) in [6.45, 7) is 0.404. The van der Waals surface area contributed by atoms with Crippen molar-refractivity contribution >= 4 is 29.3 Å². The van der Waals surface area contributed by atoms with Crippen molar-refractivity contribution in [3.63, 3.8) is 0 Å². The van der Waals surface area contributed by atoms with Crippen LogP contribution in [0.15, 0.2) is 71.6 Å². The van der Waals surface area contributed by atoms with E-state index in [2.05, 4.69) is 10.2 Å². The number of phenols is 1. The molecule has 8 heteroatoms. The molecule has 1 aliphatic rings. The molecule has 0 radical (unpaired) electrons. The summed E-state index contributed by atoms with van der Waals surface area (Å²) in [4.78, 5) is 16.5. The number of aromatic amines is 1. The first-order valence-electron chi connectivity index (χ1n) is 10.6. The lowest BCUT2D eigenvalue weighted by Crippen LogP contribution is -2.29. The number of ether oxygens (including phenoxy) is 1. The zero-order chi connectivity index (χ0) is 23.8. The van der Waals surface area contributed by atoms with E-state index >= 15 is 0 Å². The number of amides is 1. The molecule has 0 aliphatic carbocycles. The molecule has 34 heavy (non-hydrogen) atoms. The average Bonchev–Trinajstić information content (AvgIpc) is 3.40. The number of halogens is 1. The Labute approximate surface area is 206 Å². The Balaban J connectivity index is 1.63. The molecule has 6 nitrogen and oxygen atoms in total. The number of aromatic nitrogens is 2. The number of methoxy groups -OCH3 is 1. The van der Waals surface area contributed by atoms with Gasteiger partial charge >= 0.3 is 0 Å². The van der Waals surface area contributed by atoms with Crippen molar-refractivity contribution in [3.05, 3.63) is 94.1 Å². The van der Waals surface area contributed by atoms with Gasteiger partial charge in [0.05, 0.1) is 13.2 Å². The van der Waals surface area contributed by atoms with Gasteiger partial charge in [-0.3, -0.25) is 9.89 Å². The van der Waals surface area contributed by atoms with Crippen LogP contribution in [0.2, 0.25) is 5.02 Å². The largest absolute Gasteiger partial charge is 0.507 e. The van der Waals surface area contributed by atoms with Crippen molar-refractivity contribution < 1.29 is 14.6 Å². The van der Waals surface area contributed by atoms with Crippen LogP contribution in [-0.2, 0) is 6.54 Å². The van der Waals surface area contributed by atoms with Gasteiger partial charge in [0, 0.05) is 27.6 Å². The highest BCUT2D eigenvalue weighted by molar-refractivity contribution is 7.98. The van der Waals surface area contributed by atoms with E-state index in [9.17, 15) is 9.90 Å². The topological polar surface area (TPSA) is 78.5 Å². The molecule has 4 aromatic rings. The minimum Gasteiger partial charge on any atom is -0.507 e. The smallest absolute Gasteiger partial charge is 0.273 e. The third-order valence-electron chi connectivity index (χ3n) is 6.02.